The molecule has 0 saturated carbocycles. The Bertz CT molecular complexity index is 248. The highest BCUT2D eigenvalue weighted by Crippen LogP contribution is 2.30. The molecule has 0 aromatic heterocycles. The third-order valence-corrected chi connectivity index (χ3v) is 5.06. The highest BCUT2D eigenvalue weighted by atomic mass is 15.1. The quantitative estimate of drug-likeness (QED) is 0.723. The van der Waals surface area contributed by atoms with E-state index in [1.807, 2.05) is 0 Å². The van der Waals surface area contributed by atoms with Crippen molar-refractivity contribution < 1.29 is 0 Å². The number of piperidine rings is 1. The molecule has 0 radical (unpaired) electrons. The normalized spacial score (nSPS) is 25.4. The molecule has 1 N–H and O–H groups in total. The lowest BCUT2D eigenvalue weighted by atomic mass is 9.80. The third kappa shape index (κ3) is 5.73. The minimum Gasteiger partial charge on any atom is -0.316 e. The predicted octanol–water partition coefficient (Wildman–Crippen LogP) is 4.02. The van der Waals surface area contributed by atoms with Gasteiger partial charge in [0.2, 0.25) is 0 Å². The molecule has 0 aliphatic carbocycles. The Morgan fingerprint density at radius 1 is 1.10 bits per heavy atom. The van der Waals surface area contributed by atoms with Gasteiger partial charge in [-0.15, -0.1) is 0 Å². The Morgan fingerprint density at radius 2 is 1.65 bits per heavy atom. The third-order valence-electron chi connectivity index (χ3n) is 5.06. The summed E-state index contributed by atoms with van der Waals surface area (Å²) in [5.74, 6) is 2.49. The first-order valence-electron chi connectivity index (χ1n) is 8.83. The maximum Gasteiger partial charge on any atom is 0.00502 e. The van der Waals surface area contributed by atoms with Crippen molar-refractivity contribution in [2.75, 3.05) is 32.7 Å². The highest BCUT2D eigenvalue weighted by Gasteiger charge is 2.31. The van der Waals surface area contributed by atoms with Gasteiger partial charge >= 0.3 is 0 Å². The Kier molecular flexibility index (Phi) is 7.53. The van der Waals surface area contributed by atoms with Crippen molar-refractivity contribution in [3.05, 3.63) is 0 Å². The molecule has 1 saturated heterocycles. The van der Waals surface area contributed by atoms with Crippen LogP contribution in [0.2, 0.25) is 0 Å². The first kappa shape index (κ1) is 18.0. The van der Waals surface area contributed by atoms with E-state index < -0.39 is 0 Å². The highest BCUT2D eigenvalue weighted by molar-refractivity contribution is 4.86. The van der Waals surface area contributed by atoms with Crippen molar-refractivity contribution in [1.82, 2.24) is 10.2 Å². The molecule has 1 heterocycles. The largest absolute Gasteiger partial charge is 0.316 e. The summed E-state index contributed by atoms with van der Waals surface area (Å²) in [5.41, 5.74) is 0.464. The van der Waals surface area contributed by atoms with Crippen molar-refractivity contribution in [3.8, 4) is 0 Å². The fraction of sp³-hybridized carbons (Fsp3) is 1.00. The predicted molar refractivity (Wildman–Crippen MR) is 90.1 cm³/mol. The maximum absolute atomic E-state index is 3.71. The summed E-state index contributed by atoms with van der Waals surface area (Å²) >= 11 is 0. The van der Waals surface area contributed by atoms with Crippen molar-refractivity contribution in [2.24, 2.45) is 23.2 Å². The molecule has 2 nitrogen and oxygen atoms in total. The Balaban J connectivity index is 2.55. The minimum atomic E-state index is 0.464. The van der Waals surface area contributed by atoms with Crippen LogP contribution in [0.3, 0.4) is 0 Å². The summed E-state index contributed by atoms with van der Waals surface area (Å²) in [6.45, 7) is 20.4. The second-order valence-electron chi connectivity index (χ2n) is 7.87. The van der Waals surface area contributed by atoms with E-state index >= 15 is 0 Å². The van der Waals surface area contributed by atoms with Gasteiger partial charge in [0.05, 0.1) is 0 Å². The summed E-state index contributed by atoms with van der Waals surface area (Å²) in [5, 5.41) is 3.71. The number of likely N-dealkylation sites (tertiary alicyclic amines) is 1. The second kappa shape index (κ2) is 8.38. The van der Waals surface area contributed by atoms with Gasteiger partial charge in [0.15, 0.2) is 0 Å². The van der Waals surface area contributed by atoms with E-state index in [-0.39, 0.29) is 0 Å². The van der Waals surface area contributed by atoms with Gasteiger partial charge in [-0.25, -0.2) is 0 Å². The molecule has 2 atom stereocenters. The van der Waals surface area contributed by atoms with Crippen LogP contribution in [0.25, 0.3) is 0 Å². The topological polar surface area (TPSA) is 15.3 Å². The summed E-state index contributed by atoms with van der Waals surface area (Å²) in [7, 11) is 0. The Labute approximate surface area is 127 Å². The second-order valence-corrected chi connectivity index (χ2v) is 7.87. The van der Waals surface area contributed by atoms with E-state index in [1.54, 1.807) is 0 Å². The number of hydrogen-bond acceptors (Lipinski definition) is 2. The molecule has 2 heteroatoms. The van der Waals surface area contributed by atoms with Crippen LogP contribution in [0.5, 0.6) is 0 Å². The first-order chi connectivity index (χ1) is 9.40. The molecule has 1 aliphatic heterocycles. The fourth-order valence-corrected chi connectivity index (χ4v) is 3.80. The molecule has 0 aromatic carbocycles. The molecule has 1 rings (SSSR count). The Morgan fingerprint density at radius 3 is 2.10 bits per heavy atom. The molecule has 0 amide bonds. The summed E-state index contributed by atoms with van der Waals surface area (Å²) in [6, 6.07) is 0. The van der Waals surface area contributed by atoms with Crippen LogP contribution in [-0.2, 0) is 0 Å². The van der Waals surface area contributed by atoms with Crippen molar-refractivity contribution in [3.63, 3.8) is 0 Å². The van der Waals surface area contributed by atoms with Crippen LogP contribution in [-0.4, -0.2) is 37.6 Å². The van der Waals surface area contributed by atoms with Gasteiger partial charge in [0.1, 0.15) is 0 Å². The molecule has 1 fully saturated rings. The molecule has 2 unspecified atom stereocenters. The van der Waals surface area contributed by atoms with Gasteiger partial charge in [-0.3, -0.25) is 0 Å². The lowest BCUT2D eigenvalue weighted by Gasteiger charge is -2.42. The lowest BCUT2D eigenvalue weighted by Crippen LogP contribution is -2.48. The van der Waals surface area contributed by atoms with E-state index in [9.17, 15) is 0 Å². The summed E-state index contributed by atoms with van der Waals surface area (Å²) in [4.78, 5) is 2.74. The fourth-order valence-electron chi connectivity index (χ4n) is 3.80. The van der Waals surface area contributed by atoms with Crippen molar-refractivity contribution >= 4 is 0 Å². The molecule has 120 valence electrons. The number of nitrogens with one attached hydrogen (secondary N) is 1. The van der Waals surface area contributed by atoms with Gasteiger partial charge < -0.3 is 10.2 Å². The molecule has 20 heavy (non-hydrogen) atoms. The zero-order valence-electron chi connectivity index (χ0n) is 14.8. The van der Waals surface area contributed by atoms with E-state index in [0.717, 1.165) is 24.3 Å². The van der Waals surface area contributed by atoms with Crippen LogP contribution >= 0.6 is 0 Å². The van der Waals surface area contributed by atoms with E-state index in [2.05, 4.69) is 51.8 Å². The monoisotopic (exact) mass is 282 g/mol. The standard InChI is InChI=1S/C18H38N2/c1-7-18(8-2,13-19-10-15(3)4)14-20-11-16(5)9-17(6)12-20/h15-17,19H,7-14H2,1-6H3. The van der Waals surface area contributed by atoms with Gasteiger partial charge in [0, 0.05) is 26.2 Å². The summed E-state index contributed by atoms with van der Waals surface area (Å²) in [6.07, 6.45) is 3.98. The zero-order chi connectivity index (χ0) is 15.2. The van der Waals surface area contributed by atoms with Crippen LogP contribution in [0.4, 0.5) is 0 Å². The minimum absolute atomic E-state index is 0.464. The lowest BCUT2D eigenvalue weighted by molar-refractivity contribution is 0.0753. The van der Waals surface area contributed by atoms with Crippen LogP contribution in [0.1, 0.15) is 60.8 Å². The van der Waals surface area contributed by atoms with E-state index in [1.165, 1.54) is 45.4 Å². The van der Waals surface area contributed by atoms with Gasteiger partial charge in [0.25, 0.3) is 0 Å². The van der Waals surface area contributed by atoms with Gasteiger partial charge in [-0.1, -0.05) is 41.5 Å². The van der Waals surface area contributed by atoms with E-state index in [4.69, 9.17) is 0 Å². The summed E-state index contributed by atoms with van der Waals surface area (Å²) < 4.78 is 0. The van der Waals surface area contributed by atoms with Crippen LogP contribution in [0, 0.1) is 23.2 Å². The Hall–Kier alpha value is -0.0800. The van der Waals surface area contributed by atoms with Crippen LogP contribution < -0.4 is 5.32 Å². The average molecular weight is 283 g/mol. The molecule has 0 bridgehead atoms. The van der Waals surface area contributed by atoms with Crippen LogP contribution in [0.15, 0.2) is 0 Å². The average Bonchev–Trinajstić information content (AvgIpc) is 2.36. The number of nitrogens with zero attached hydrogens (tertiary/aromatic N) is 1. The molecular formula is C18H38N2. The molecular weight excluding hydrogens is 244 g/mol. The maximum atomic E-state index is 3.71. The first-order valence-corrected chi connectivity index (χ1v) is 8.83. The molecule has 1 aliphatic rings. The van der Waals surface area contributed by atoms with Gasteiger partial charge in [-0.05, 0) is 49.0 Å². The number of rotatable bonds is 8. The van der Waals surface area contributed by atoms with Gasteiger partial charge in [-0.2, -0.15) is 0 Å². The van der Waals surface area contributed by atoms with E-state index in [0.29, 0.717) is 5.41 Å². The van der Waals surface area contributed by atoms with Crippen molar-refractivity contribution in [2.45, 2.75) is 60.8 Å². The smallest absolute Gasteiger partial charge is 0.00502 e. The number of hydrogen-bond donors (Lipinski definition) is 1. The SMILES string of the molecule is CCC(CC)(CNCC(C)C)CN1CC(C)CC(C)C1. The molecule has 0 spiro atoms. The zero-order valence-corrected chi connectivity index (χ0v) is 14.8. The molecule has 0 aromatic rings. The van der Waals surface area contributed by atoms with Crippen molar-refractivity contribution in [1.29, 1.82) is 0 Å².